The molecule has 19 heavy (non-hydrogen) atoms. The lowest BCUT2D eigenvalue weighted by atomic mass is 9.93. The Morgan fingerprint density at radius 2 is 1.95 bits per heavy atom. The lowest BCUT2D eigenvalue weighted by Gasteiger charge is -2.15. The van der Waals surface area contributed by atoms with Gasteiger partial charge >= 0.3 is 5.97 Å². The van der Waals surface area contributed by atoms with Gasteiger partial charge in [0.2, 0.25) is 0 Å². The van der Waals surface area contributed by atoms with Crippen molar-refractivity contribution in [2.24, 2.45) is 5.92 Å². The Balaban J connectivity index is 2.62. The number of ether oxygens (including phenoxy) is 1. The smallest absolute Gasteiger partial charge is 0.306 e. The number of nitriles is 1. The van der Waals surface area contributed by atoms with Gasteiger partial charge in [-0.25, -0.2) is 0 Å². The minimum absolute atomic E-state index is 0.148. The van der Waals surface area contributed by atoms with E-state index in [1.54, 1.807) is 12.1 Å². The SMILES string of the molecule is CC[C@@H](CC(=O)OCC(C)C)c1ccc(C#N)cc1. The third-order valence-electron chi connectivity index (χ3n) is 2.99. The predicted molar refractivity (Wildman–Crippen MR) is 74.6 cm³/mol. The molecule has 0 unspecified atom stereocenters. The number of rotatable bonds is 6. The lowest BCUT2D eigenvalue weighted by molar-refractivity contribution is -0.145. The van der Waals surface area contributed by atoms with Crippen molar-refractivity contribution >= 4 is 5.97 Å². The summed E-state index contributed by atoms with van der Waals surface area (Å²) >= 11 is 0. The molecule has 0 fully saturated rings. The van der Waals surface area contributed by atoms with Gasteiger partial charge in [-0.15, -0.1) is 0 Å². The highest BCUT2D eigenvalue weighted by Crippen LogP contribution is 2.24. The molecule has 1 aromatic rings. The van der Waals surface area contributed by atoms with Crippen molar-refractivity contribution in [3.63, 3.8) is 0 Å². The number of esters is 1. The molecule has 1 atom stereocenters. The second-order valence-electron chi connectivity index (χ2n) is 5.12. The molecule has 0 bridgehead atoms. The van der Waals surface area contributed by atoms with E-state index in [9.17, 15) is 4.79 Å². The number of carbonyl (C=O) groups excluding carboxylic acids is 1. The molecule has 3 heteroatoms. The molecule has 0 amide bonds. The van der Waals surface area contributed by atoms with Crippen molar-refractivity contribution in [3.05, 3.63) is 35.4 Å². The Hall–Kier alpha value is -1.82. The summed E-state index contributed by atoms with van der Waals surface area (Å²) < 4.78 is 5.21. The van der Waals surface area contributed by atoms with Crippen LogP contribution in [0.3, 0.4) is 0 Å². The zero-order valence-electron chi connectivity index (χ0n) is 11.8. The van der Waals surface area contributed by atoms with Gasteiger partial charge in [0.05, 0.1) is 24.7 Å². The Kier molecular flexibility index (Phi) is 6.08. The topological polar surface area (TPSA) is 50.1 Å². The van der Waals surface area contributed by atoms with Crippen LogP contribution in [0.4, 0.5) is 0 Å². The first-order valence-electron chi connectivity index (χ1n) is 6.72. The minimum Gasteiger partial charge on any atom is -0.465 e. The van der Waals surface area contributed by atoms with Crippen LogP contribution in [0.25, 0.3) is 0 Å². The van der Waals surface area contributed by atoms with Crippen molar-refractivity contribution in [2.75, 3.05) is 6.61 Å². The van der Waals surface area contributed by atoms with Crippen LogP contribution < -0.4 is 0 Å². The molecule has 0 spiro atoms. The molecule has 0 radical (unpaired) electrons. The third-order valence-corrected chi connectivity index (χ3v) is 2.99. The average molecular weight is 259 g/mol. The first kappa shape index (κ1) is 15.2. The Morgan fingerprint density at radius 3 is 2.42 bits per heavy atom. The van der Waals surface area contributed by atoms with Crippen molar-refractivity contribution in [1.29, 1.82) is 5.26 Å². The first-order chi connectivity index (χ1) is 9.06. The van der Waals surface area contributed by atoms with E-state index < -0.39 is 0 Å². The summed E-state index contributed by atoms with van der Waals surface area (Å²) in [6.45, 7) is 6.57. The highest BCUT2D eigenvalue weighted by molar-refractivity contribution is 5.70. The zero-order valence-corrected chi connectivity index (χ0v) is 11.8. The van der Waals surface area contributed by atoms with Gasteiger partial charge in [0.15, 0.2) is 0 Å². The fourth-order valence-electron chi connectivity index (χ4n) is 1.85. The average Bonchev–Trinajstić information content (AvgIpc) is 2.42. The summed E-state index contributed by atoms with van der Waals surface area (Å²) in [6.07, 6.45) is 1.28. The zero-order chi connectivity index (χ0) is 14.3. The molecule has 0 aliphatic rings. The van der Waals surface area contributed by atoms with Crippen molar-refractivity contribution in [3.8, 4) is 6.07 Å². The second kappa shape index (κ2) is 7.58. The fraction of sp³-hybridized carbons (Fsp3) is 0.500. The molecule has 102 valence electrons. The Morgan fingerprint density at radius 1 is 1.32 bits per heavy atom. The normalized spacial score (nSPS) is 11.9. The van der Waals surface area contributed by atoms with Crippen LogP contribution in [0, 0.1) is 17.2 Å². The molecule has 0 saturated heterocycles. The molecule has 1 aromatic carbocycles. The molecular weight excluding hydrogens is 238 g/mol. The molecule has 0 heterocycles. The highest BCUT2D eigenvalue weighted by atomic mass is 16.5. The summed E-state index contributed by atoms with van der Waals surface area (Å²) in [5.41, 5.74) is 1.73. The first-order valence-corrected chi connectivity index (χ1v) is 6.72. The molecule has 0 saturated carbocycles. The standard InChI is InChI=1S/C16H21NO2/c1-4-14(9-16(18)19-11-12(2)3)15-7-5-13(10-17)6-8-15/h5-8,12,14H,4,9,11H2,1-3H3/t14-/m0/s1. The van der Waals surface area contributed by atoms with Gasteiger partial charge in [0.25, 0.3) is 0 Å². The summed E-state index contributed by atoms with van der Waals surface area (Å²) in [6, 6.07) is 9.51. The minimum atomic E-state index is -0.148. The predicted octanol–water partition coefficient (Wildman–Crippen LogP) is 3.64. The maximum Gasteiger partial charge on any atom is 0.306 e. The molecule has 0 N–H and O–H groups in total. The van der Waals surface area contributed by atoms with Crippen LogP contribution in [-0.4, -0.2) is 12.6 Å². The van der Waals surface area contributed by atoms with Gasteiger partial charge in [-0.05, 0) is 36.0 Å². The van der Waals surface area contributed by atoms with E-state index in [0.717, 1.165) is 12.0 Å². The quantitative estimate of drug-likeness (QED) is 0.733. The van der Waals surface area contributed by atoms with Crippen molar-refractivity contribution in [1.82, 2.24) is 0 Å². The number of benzene rings is 1. The lowest BCUT2D eigenvalue weighted by Crippen LogP contribution is -2.13. The molecule has 0 aliphatic carbocycles. The maximum absolute atomic E-state index is 11.7. The molecule has 0 aromatic heterocycles. The number of hydrogen-bond acceptors (Lipinski definition) is 3. The van der Waals surface area contributed by atoms with Gasteiger partial charge in [0.1, 0.15) is 0 Å². The van der Waals surface area contributed by atoms with Crippen LogP contribution in [0.15, 0.2) is 24.3 Å². The van der Waals surface area contributed by atoms with Gasteiger partial charge in [0, 0.05) is 0 Å². The summed E-state index contributed by atoms with van der Waals surface area (Å²) in [5, 5.41) is 8.77. The van der Waals surface area contributed by atoms with E-state index in [-0.39, 0.29) is 11.9 Å². The highest BCUT2D eigenvalue weighted by Gasteiger charge is 2.15. The van der Waals surface area contributed by atoms with Gasteiger partial charge < -0.3 is 4.74 Å². The molecule has 1 rings (SSSR count). The molecule has 0 aliphatic heterocycles. The van der Waals surface area contributed by atoms with E-state index in [2.05, 4.69) is 13.0 Å². The van der Waals surface area contributed by atoms with E-state index in [1.165, 1.54) is 0 Å². The van der Waals surface area contributed by atoms with Crippen LogP contribution in [0.1, 0.15) is 50.7 Å². The van der Waals surface area contributed by atoms with Gasteiger partial charge in [-0.3, -0.25) is 4.79 Å². The maximum atomic E-state index is 11.7. The summed E-state index contributed by atoms with van der Waals surface area (Å²) in [4.78, 5) is 11.7. The second-order valence-corrected chi connectivity index (χ2v) is 5.12. The molecular formula is C16H21NO2. The number of nitrogens with zero attached hydrogens (tertiary/aromatic N) is 1. The van der Waals surface area contributed by atoms with Crippen LogP contribution in [0.5, 0.6) is 0 Å². The van der Waals surface area contributed by atoms with Crippen LogP contribution in [-0.2, 0) is 9.53 Å². The fourth-order valence-corrected chi connectivity index (χ4v) is 1.85. The summed E-state index contributed by atoms with van der Waals surface area (Å²) in [7, 11) is 0. The molecule has 3 nitrogen and oxygen atoms in total. The van der Waals surface area contributed by atoms with Crippen LogP contribution in [0.2, 0.25) is 0 Å². The summed E-state index contributed by atoms with van der Waals surface area (Å²) in [5.74, 6) is 0.372. The van der Waals surface area contributed by atoms with Gasteiger partial charge in [-0.2, -0.15) is 5.26 Å². The van der Waals surface area contributed by atoms with E-state index in [1.807, 2.05) is 26.0 Å². The van der Waals surface area contributed by atoms with E-state index in [0.29, 0.717) is 24.5 Å². The van der Waals surface area contributed by atoms with Crippen LogP contribution >= 0.6 is 0 Å². The largest absolute Gasteiger partial charge is 0.465 e. The Labute approximate surface area is 115 Å². The van der Waals surface area contributed by atoms with Crippen molar-refractivity contribution < 1.29 is 9.53 Å². The Bertz CT molecular complexity index is 443. The van der Waals surface area contributed by atoms with Crippen molar-refractivity contribution in [2.45, 2.75) is 39.5 Å². The van der Waals surface area contributed by atoms with E-state index in [4.69, 9.17) is 10.00 Å². The third kappa shape index (κ3) is 5.13. The number of hydrogen-bond donors (Lipinski definition) is 0. The van der Waals surface area contributed by atoms with E-state index >= 15 is 0 Å². The monoisotopic (exact) mass is 259 g/mol. The number of carbonyl (C=O) groups is 1. The van der Waals surface area contributed by atoms with Gasteiger partial charge in [-0.1, -0.05) is 32.9 Å².